The maximum Gasteiger partial charge on any atom is -0.0170 e. The topological polar surface area (TPSA) is 0 Å². The van der Waals surface area contributed by atoms with Crippen LogP contribution < -0.4 is 0 Å². The van der Waals surface area contributed by atoms with Gasteiger partial charge in [0.25, 0.3) is 0 Å². The van der Waals surface area contributed by atoms with Crippen LogP contribution in [0, 0.1) is 0 Å². The normalized spacial score (nSPS) is 23.5. The van der Waals surface area contributed by atoms with Crippen LogP contribution in [0.25, 0.3) is 0 Å². The molecule has 1 fully saturated rings. The third-order valence-corrected chi connectivity index (χ3v) is 2.39. The molecule has 35 valence electrons. The lowest BCUT2D eigenvalue weighted by Gasteiger charge is -1.82. The van der Waals surface area contributed by atoms with Gasteiger partial charge in [-0.05, 0) is 24.7 Å². The third kappa shape index (κ3) is 1.26. The fourth-order valence-electron chi connectivity index (χ4n) is 0.515. The first-order valence-corrected chi connectivity index (χ1v) is 3.75. The Morgan fingerprint density at radius 1 is 1.67 bits per heavy atom. The SMILES string of the molecule is CC[P]C1CC1. The molecule has 0 unspecified atom stereocenters. The molecule has 1 rings (SSSR count). The van der Waals surface area contributed by atoms with Crippen molar-refractivity contribution < 1.29 is 0 Å². The van der Waals surface area contributed by atoms with Crippen LogP contribution in [0.2, 0.25) is 0 Å². The minimum Gasteiger partial charge on any atom is -0.0778 e. The summed E-state index contributed by atoms with van der Waals surface area (Å²) in [5.41, 5.74) is 1.12. The van der Waals surface area contributed by atoms with E-state index in [-0.39, 0.29) is 0 Å². The van der Waals surface area contributed by atoms with Gasteiger partial charge in [-0.15, -0.1) is 0 Å². The maximum absolute atomic E-state index is 2.25. The molecule has 0 N–H and O–H groups in total. The monoisotopic (exact) mass is 101 g/mol. The summed E-state index contributed by atoms with van der Waals surface area (Å²) in [7, 11) is 1.69. The van der Waals surface area contributed by atoms with Crippen LogP contribution in [0.1, 0.15) is 19.8 Å². The molecule has 0 saturated heterocycles. The smallest absolute Gasteiger partial charge is 0.0170 e. The van der Waals surface area contributed by atoms with E-state index >= 15 is 0 Å². The summed E-state index contributed by atoms with van der Waals surface area (Å²) in [6.45, 7) is 2.25. The van der Waals surface area contributed by atoms with Crippen molar-refractivity contribution in [2.75, 3.05) is 6.16 Å². The molecule has 1 saturated carbocycles. The van der Waals surface area contributed by atoms with Gasteiger partial charge in [-0.2, -0.15) is 0 Å². The summed E-state index contributed by atoms with van der Waals surface area (Å²) in [4.78, 5) is 0. The Labute approximate surface area is 41.1 Å². The van der Waals surface area contributed by atoms with Crippen LogP contribution >= 0.6 is 8.58 Å². The molecule has 0 heterocycles. The lowest BCUT2D eigenvalue weighted by atomic mass is 11.0. The van der Waals surface area contributed by atoms with Crippen LogP contribution in [0.15, 0.2) is 0 Å². The van der Waals surface area contributed by atoms with E-state index in [1.165, 1.54) is 19.0 Å². The highest BCUT2D eigenvalue weighted by Crippen LogP contribution is 2.38. The fraction of sp³-hybridized carbons (Fsp3) is 1.00. The van der Waals surface area contributed by atoms with E-state index in [1.807, 2.05) is 0 Å². The van der Waals surface area contributed by atoms with E-state index in [1.54, 1.807) is 8.58 Å². The summed E-state index contributed by atoms with van der Waals surface area (Å²) in [5, 5.41) is 0. The first kappa shape index (κ1) is 4.59. The fourth-order valence-corrected chi connectivity index (χ4v) is 1.55. The van der Waals surface area contributed by atoms with Crippen LogP contribution in [0.3, 0.4) is 0 Å². The van der Waals surface area contributed by atoms with Crippen LogP contribution in [0.5, 0.6) is 0 Å². The summed E-state index contributed by atoms with van der Waals surface area (Å²) < 4.78 is 0. The van der Waals surface area contributed by atoms with Gasteiger partial charge in [0.2, 0.25) is 0 Å². The van der Waals surface area contributed by atoms with Crippen molar-refractivity contribution in [2.45, 2.75) is 25.4 Å². The molecule has 1 radical (unpaired) electrons. The summed E-state index contributed by atoms with van der Waals surface area (Å²) >= 11 is 0. The predicted molar refractivity (Wildman–Crippen MR) is 30.5 cm³/mol. The van der Waals surface area contributed by atoms with E-state index in [0.29, 0.717) is 0 Å². The molecule has 6 heavy (non-hydrogen) atoms. The lowest BCUT2D eigenvalue weighted by molar-refractivity contribution is 1.43. The van der Waals surface area contributed by atoms with Gasteiger partial charge >= 0.3 is 0 Å². The highest BCUT2D eigenvalue weighted by atomic mass is 31.1. The molecule has 0 atom stereocenters. The van der Waals surface area contributed by atoms with E-state index in [0.717, 1.165) is 5.66 Å². The van der Waals surface area contributed by atoms with Crippen molar-refractivity contribution in [1.82, 2.24) is 0 Å². The average Bonchev–Trinajstić information content (AvgIpc) is 2.21. The first-order chi connectivity index (χ1) is 2.93. The maximum atomic E-state index is 2.25. The molecular weight excluding hydrogens is 91.0 g/mol. The highest BCUT2D eigenvalue weighted by Gasteiger charge is 2.19. The van der Waals surface area contributed by atoms with Crippen molar-refractivity contribution in [3.8, 4) is 0 Å². The molecule has 0 bridgehead atoms. The first-order valence-electron chi connectivity index (χ1n) is 2.60. The molecule has 1 heteroatoms. The second kappa shape index (κ2) is 1.93. The largest absolute Gasteiger partial charge is 0.0778 e. The molecular formula is C5H10P. The summed E-state index contributed by atoms with van der Waals surface area (Å²) in [6, 6.07) is 0. The van der Waals surface area contributed by atoms with E-state index in [9.17, 15) is 0 Å². The van der Waals surface area contributed by atoms with Gasteiger partial charge in [-0.25, -0.2) is 0 Å². The second-order valence-corrected chi connectivity index (χ2v) is 3.46. The third-order valence-electron chi connectivity index (χ3n) is 0.988. The zero-order valence-corrected chi connectivity index (χ0v) is 5.04. The van der Waals surface area contributed by atoms with Crippen molar-refractivity contribution in [1.29, 1.82) is 0 Å². The molecule has 0 amide bonds. The highest BCUT2D eigenvalue weighted by molar-refractivity contribution is 7.39. The Hall–Kier alpha value is 0.430. The summed E-state index contributed by atoms with van der Waals surface area (Å²) in [6.07, 6.45) is 4.38. The van der Waals surface area contributed by atoms with E-state index in [2.05, 4.69) is 6.92 Å². The number of rotatable bonds is 2. The second-order valence-electron chi connectivity index (χ2n) is 1.73. The number of hydrogen-bond donors (Lipinski definition) is 0. The minimum atomic E-state index is 1.12. The Morgan fingerprint density at radius 2 is 2.33 bits per heavy atom. The van der Waals surface area contributed by atoms with Crippen molar-refractivity contribution >= 4 is 8.58 Å². The van der Waals surface area contributed by atoms with E-state index < -0.39 is 0 Å². The molecule has 0 aliphatic heterocycles. The van der Waals surface area contributed by atoms with Gasteiger partial charge in [0, 0.05) is 0 Å². The zero-order valence-electron chi connectivity index (χ0n) is 4.15. The Kier molecular flexibility index (Phi) is 1.48. The molecule has 0 spiro atoms. The Balaban J connectivity index is 1.88. The Morgan fingerprint density at radius 3 is 2.50 bits per heavy atom. The van der Waals surface area contributed by atoms with Gasteiger partial charge in [0.05, 0.1) is 0 Å². The molecule has 1 aliphatic rings. The average molecular weight is 101 g/mol. The molecule has 0 nitrogen and oxygen atoms in total. The van der Waals surface area contributed by atoms with Crippen LogP contribution in [0.4, 0.5) is 0 Å². The molecule has 0 aromatic carbocycles. The van der Waals surface area contributed by atoms with E-state index in [4.69, 9.17) is 0 Å². The minimum absolute atomic E-state index is 1.12. The predicted octanol–water partition coefficient (Wildman–Crippen LogP) is 2.11. The molecule has 0 aromatic heterocycles. The van der Waals surface area contributed by atoms with Gasteiger partial charge in [-0.1, -0.05) is 15.5 Å². The zero-order chi connectivity index (χ0) is 4.41. The van der Waals surface area contributed by atoms with Gasteiger partial charge < -0.3 is 0 Å². The standard InChI is InChI=1S/C5H10P/c1-2-6-5-3-4-5/h5H,2-4H2,1H3. The number of hydrogen-bond acceptors (Lipinski definition) is 0. The molecule has 0 aromatic rings. The summed E-state index contributed by atoms with van der Waals surface area (Å²) in [5.74, 6) is 0. The van der Waals surface area contributed by atoms with Gasteiger partial charge in [0.15, 0.2) is 0 Å². The van der Waals surface area contributed by atoms with Crippen LogP contribution in [-0.2, 0) is 0 Å². The van der Waals surface area contributed by atoms with Crippen molar-refractivity contribution in [3.05, 3.63) is 0 Å². The van der Waals surface area contributed by atoms with Crippen molar-refractivity contribution in [2.24, 2.45) is 0 Å². The lowest BCUT2D eigenvalue weighted by Crippen LogP contribution is -1.65. The molecule has 1 aliphatic carbocycles. The quantitative estimate of drug-likeness (QED) is 0.467. The Bertz CT molecular complexity index is 39.2. The van der Waals surface area contributed by atoms with Crippen molar-refractivity contribution in [3.63, 3.8) is 0 Å². The van der Waals surface area contributed by atoms with Gasteiger partial charge in [-0.3, -0.25) is 0 Å². The van der Waals surface area contributed by atoms with Gasteiger partial charge in [0.1, 0.15) is 0 Å². The van der Waals surface area contributed by atoms with Crippen LogP contribution in [-0.4, -0.2) is 11.8 Å².